The number of anilines is 2. The molecular formula is C17H26N4O2+2. The summed E-state index contributed by atoms with van der Waals surface area (Å²) in [6, 6.07) is 7.39. The van der Waals surface area contributed by atoms with Crippen molar-refractivity contribution >= 4 is 23.2 Å². The number of nitrogens with one attached hydrogen (secondary N) is 2. The molecule has 0 spiro atoms. The Balaban J connectivity index is 1.76. The molecule has 2 fully saturated rings. The predicted molar refractivity (Wildman–Crippen MR) is 89.0 cm³/mol. The zero-order chi connectivity index (χ0) is 16.6. The van der Waals surface area contributed by atoms with Gasteiger partial charge in [0.25, 0.3) is 5.91 Å². The van der Waals surface area contributed by atoms with Gasteiger partial charge < -0.3 is 14.7 Å². The lowest BCUT2D eigenvalue weighted by molar-refractivity contribution is -1.01. The Hall–Kier alpha value is -1.92. The van der Waals surface area contributed by atoms with E-state index in [0.717, 1.165) is 31.9 Å². The van der Waals surface area contributed by atoms with Crippen LogP contribution >= 0.6 is 0 Å². The lowest BCUT2D eigenvalue weighted by atomic mass is 10.2. The van der Waals surface area contributed by atoms with Crippen LogP contribution in [-0.4, -0.2) is 65.2 Å². The van der Waals surface area contributed by atoms with E-state index in [1.54, 1.807) is 0 Å². The summed E-state index contributed by atoms with van der Waals surface area (Å²) in [5.74, 6) is -0.112. The molecule has 0 bridgehead atoms. The first-order valence-corrected chi connectivity index (χ1v) is 8.27. The van der Waals surface area contributed by atoms with E-state index in [0.29, 0.717) is 12.1 Å². The molecule has 6 nitrogen and oxygen atoms in total. The van der Waals surface area contributed by atoms with Crippen molar-refractivity contribution in [2.45, 2.75) is 12.5 Å². The average molecular weight is 318 g/mol. The number of imide groups is 1. The molecule has 0 aromatic heterocycles. The predicted octanol–water partition coefficient (Wildman–Crippen LogP) is -2.20. The van der Waals surface area contributed by atoms with Crippen LogP contribution in [0.15, 0.2) is 24.3 Å². The molecule has 1 aromatic carbocycles. The fourth-order valence-corrected chi connectivity index (χ4v) is 3.47. The second-order valence-electron chi connectivity index (χ2n) is 6.85. The number of likely N-dealkylation sites (N-methyl/N-ethyl adjacent to an activating group) is 1. The van der Waals surface area contributed by atoms with Gasteiger partial charge >= 0.3 is 0 Å². The van der Waals surface area contributed by atoms with Gasteiger partial charge in [-0.15, -0.1) is 0 Å². The van der Waals surface area contributed by atoms with Crippen LogP contribution in [0, 0.1) is 0 Å². The van der Waals surface area contributed by atoms with Crippen molar-refractivity contribution in [1.29, 1.82) is 0 Å². The third-order valence-corrected chi connectivity index (χ3v) is 5.01. The molecule has 2 aliphatic rings. The van der Waals surface area contributed by atoms with Crippen LogP contribution in [0.1, 0.15) is 6.42 Å². The maximum Gasteiger partial charge on any atom is 0.292 e. The van der Waals surface area contributed by atoms with Crippen molar-refractivity contribution in [3.63, 3.8) is 0 Å². The second-order valence-corrected chi connectivity index (χ2v) is 6.85. The van der Waals surface area contributed by atoms with Crippen LogP contribution in [0.4, 0.5) is 11.4 Å². The van der Waals surface area contributed by atoms with Crippen molar-refractivity contribution in [1.82, 2.24) is 0 Å². The third kappa shape index (κ3) is 3.09. The Kier molecular flexibility index (Phi) is 4.37. The van der Waals surface area contributed by atoms with E-state index >= 15 is 0 Å². The largest absolute Gasteiger partial charge is 0.378 e. The first-order valence-electron chi connectivity index (χ1n) is 8.27. The van der Waals surface area contributed by atoms with E-state index in [1.807, 2.05) is 43.3 Å². The minimum atomic E-state index is -0.205. The van der Waals surface area contributed by atoms with E-state index in [9.17, 15) is 9.59 Å². The van der Waals surface area contributed by atoms with Gasteiger partial charge in [0.1, 0.15) is 26.2 Å². The van der Waals surface area contributed by atoms with Crippen LogP contribution < -0.4 is 19.6 Å². The molecule has 124 valence electrons. The number of carbonyl (C=O) groups excluding carboxylic acids is 2. The quantitative estimate of drug-likeness (QED) is 0.622. The number of rotatable bonds is 3. The molecule has 6 heteroatoms. The van der Waals surface area contributed by atoms with Crippen molar-refractivity contribution in [3.05, 3.63) is 24.3 Å². The first-order chi connectivity index (χ1) is 11.0. The third-order valence-electron chi connectivity index (χ3n) is 5.01. The molecule has 2 N–H and O–H groups in total. The van der Waals surface area contributed by atoms with Crippen molar-refractivity contribution in [2.75, 3.05) is 57.1 Å². The van der Waals surface area contributed by atoms with E-state index in [4.69, 9.17) is 0 Å². The van der Waals surface area contributed by atoms with Gasteiger partial charge in [0, 0.05) is 19.8 Å². The minimum absolute atomic E-state index is 0.0397. The molecule has 0 saturated carbocycles. The summed E-state index contributed by atoms with van der Waals surface area (Å²) in [6.45, 7) is 4.04. The number of hydrogen-bond acceptors (Lipinski definition) is 3. The maximum absolute atomic E-state index is 12.8. The highest BCUT2D eigenvalue weighted by molar-refractivity contribution is 6.21. The molecule has 0 radical (unpaired) electrons. The number of quaternary nitrogens is 2. The second kappa shape index (κ2) is 6.29. The van der Waals surface area contributed by atoms with Crippen LogP contribution in [0.25, 0.3) is 0 Å². The molecule has 2 amide bonds. The van der Waals surface area contributed by atoms with Crippen molar-refractivity contribution < 1.29 is 19.4 Å². The molecule has 1 atom stereocenters. The lowest BCUT2D eigenvalue weighted by Crippen LogP contribution is -3.29. The summed E-state index contributed by atoms with van der Waals surface area (Å²) in [5, 5.41) is 0. The van der Waals surface area contributed by atoms with Crippen molar-refractivity contribution in [2.24, 2.45) is 0 Å². The molecule has 2 aliphatic heterocycles. The van der Waals surface area contributed by atoms with E-state index < -0.39 is 0 Å². The number of hydrogen-bond donors (Lipinski definition) is 2. The molecule has 0 unspecified atom stereocenters. The van der Waals surface area contributed by atoms with Crippen LogP contribution in [-0.2, 0) is 9.59 Å². The van der Waals surface area contributed by atoms with E-state index in [1.165, 1.54) is 14.7 Å². The van der Waals surface area contributed by atoms with Crippen LogP contribution in [0.3, 0.4) is 0 Å². The van der Waals surface area contributed by atoms with Crippen molar-refractivity contribution in [3.8, 4) is 0 Å². The zero-order valence-corrected chi connectivity index (χ0v) is 14.1. The molecule has 3 rings (SSSR count). The molecule has 2 heterocycles. The Bertz CT molecular complexity index is 591. The standard InChI is InChI=1S/C17H24N4O2/c1-18(2)13-4-6-14(7-5-13)21-16(22)12-15(17(21)23)20-10-8-19(3)9-11-20/h4-7,15H,8-12H2,1-3H3/p+2/t15-/m1/s1. The molecular weight excluding hydrogens is 292 g/mol. The molecule has 2 saturated heterocycles. The number of carbonyl (C=O) groups is 2. The monoisotopic (exact) mass is 318 g/mol. The highest BCUT2D eigenvalue weighted by Gasteiger charge is 2.46. The summed E-state index contributed by atoms with van der Waals surface area (Å²) in [7, 11) is 6.11. The Morgan fingerprint density at radius 1 is 1.04 bits per heavy atom. The molecule has 0 aliphatic carbocycles. The van der Waals surface area contributed by atoms with Crippen LogP contribution in [0.2, 0.25) is 0 Å². The summed E-state index contributed by atoms with van der Waals surface area (Å²) in [6.07, 6.45) is 0.336. The molecule has 23 heavy (non-hydrogen) atoms. The van der Waals surface area contributed by atoms with Gasteiger partial charge in [-0.3, -0.25) is 9.59 Å². The van der Waals surface area contributed by atoms with Gasteiger partial charge in [0.05, 0.1) is 19.2 Å². The zero-order valence-electron chi connectivity index (χ0n) is 14.1. The van der Waals surface area contributed by atoms with Gasteiger partial charge in [0.15, 0.2) is 6.04 Å². The number of benzene rings is 1. The van der Waals surface area contributed by atoms with Gasteiger partial charge in [0.2, 0.25) is 5.91 Å². The normalized spacial score (nSPS) is 28.3. The lowest BCUT2D eigenvalue weighted by Gasteiger charge is -2.30. The number of amides is 2. The molecule has 1 aromatic rings. The maximum atomic E-state index is 12.8. The van der Waals surface area contributed by atoms with Crippen LogP contribution in [0.5, 0.6) is 0 Å². The number of piperazine rings is 1. The summed E-state index contributed by atoms with van der Waals surface area (Å²) < 4.78 is 0. The van der Waals surface area contributed by atoms with Gasteiger partial charge in [-0.25, -0.2) is 4.90 Å². The Labute approximate surface area is 137 Å². The smallest absolute Gasteiger partial charge is 0.292 e. The fourth-order valence-electron chi connectivity index (χ4n) is 3.47. The topological polar surface area (TPSA) is 49.5 Å². The first kappa shape index (κ1) is 16.0. The Morgan fingerprint density at radius 3 is 2.22 bits per heavy atom. The Morgan fingerprint density at radius 2 is 1.65 bits per heavy atom. The highest BCUT2D eigenvalue weighted by atomic mass is 16.2. The van der Waals surface area contributed by atoms with E-state index in [-0.39, 0.29) is 17.9 Å². The summed E-state index contributed by atoms with van der Waals surface area (Å²) >= 11 is 0. The minimum Gasteiger partial charge on any atom is -0.378 e. The number of nitrogens with zero attached hydrogens (tertiary/aromatic N) is 2. The summed E-state index contributed by atoms with van der Waals surface area (Å²) in [5.41, 5.74) is 1.74. The van der Waals surface area contributed by atoms with E-state index in [2.05, 4.69) is 7.05 Å². The SMILES string of the molecule is CN(C)c1ccc(N2C(=O)C[C@@H]([NH+]3CC[NH+](C)CC3)C2=O)cc1. The van der Waals surface area contributed by atoms with Gasteiger partial charge in [-0.1, -0.05) is 0 Å². The summed E-state index contributed by atoms with van der Waals surface area (Å²) in [4.78, 5) is 31.3. The highest BCUT2D eigenvalue weighted by Crippen LogP contribution is 2.24. The fraction of sp³-hybridized carbons (Fsp3) is 0.529. The average Bonchev–Trinajstić information content (AvgIpc) is 2.83. The van der Waals surface area contributed by atoms with Gasteiger partial charge in [-0.2, -0.15) is 0 Å². The van der Waals surface area contributed by atoms with Gasteiger partial charge in [-0.05, 0) is 24.3 Å².